The van der Waals surface area contributed by atoms with Gasteiger partial charge in [0.2, 0.25) is 0 Å². The summed E-state index contributed by atoms with van der Waals surface area (Å²) in [5, 5.41) is 21.2. The first kappa shape index (κ1) is 11.2. The third-order valence-corrected chi connectivity index (χ3v) is 2.04. The molecule has 0 aliphatic rings. The van der Waals surface area contributed by atoms with Crippen LogP contribution in [0.1, 0.15) is 38.1 Å². The maximum absolute atomic E-state index is 10.9. The molecule has 0 fully saturated rings. The van der Waals surface area contributed by atoms with Crippen molar-refractivity contribution in [3.63, 3.8) is 0 Å². The lowest BCUT2D eigenvalue weighted by atomic mass is 10.1. The predicted octanol–water partition coefficient (Wildman–Crippen LogP) is 0.966. The van der Waals surface area contributed by atoms with Crippen LogP contribution in [0.15, 0.2) is 6.33 Å². The Labute approximate surface area is 87.2 Å². The zero-order chi connectivity index (χ0) is 11.3. The second-order valence-corrected chi connectivity index (χ2v) is 3.16. The second-order valence-electron chi connectivity index (χ2n) is 3.16. The summed E-state index contributed by atoms with van der Waals surface area (Å²) < 4.78 is 1.23. The van der Waals surface area contributed by atoms with Crippen molar-refractivity contribution < 1.29 is 9.90 Å². The van der Waals surface area contributed by atoms with Gasteiger partial charge in [0.1, 0.15) is 12.4 Å². The van der Waals surface area contributed by atoms with E-state index < -0.39 is 12.0 Å². The molecule has 80 valence electrons. The van der Waals surface area contributed by atoms with Crippen molar-refractivity contribution in [1.29, 1.82) is 5.26 Å². The predicted molar refractivity (Wildman–Crippen MR) is 50.9 cm³/mol. The molecule has 0 radical (unpaired) electrons. The fourth-order valence-electron chi connectivity index (χ4n) is 1.24. The van der Waals surface area contributed by atoms with Crippen molar-refractivity contribution in [2.45, 2.75) is 32.2 Å². The average molecular weight is 208 g/mol. The van der Waals surface area contributed by atoms with Gasteiger partial charge in [0, 0.05) is 0 Å². The van der Waals surface area contributed by atoms with Gasteiger partial charge in [-0.3, -0.25) is 0 Å². The minimum Gasteiger partial charge on any atom is -0.480 e. The van der Waals surface area contributed by atoms with Crippen LogP contribution in [0.25, 0.3) is 0 Å². The molecule has 0 amide bonds. The first-order valence-electron chi connectivity index (χ1n) is 4.73. The highest BCUT2D eigenvalue weighted by Gasteiger charge is 2.20. The van der Waals surface area contributed by atoms with Crippen molar-refractivity contribution in [2.75, 3.05) is 0 Å². The van der Waals surface area contributed by atoms with E-state index in [9.17, 15) is 4.79 Å². The number of nitrogens with zero attached hydrogens (tertiary/aromatic N) is 4. The Balaban J connectivity index is 2.80. The lowest BCUT2D eigenvalue weighted by molar-refractivity contribution is -0.141. The standard InChI is InChI=1S/C9H12N4O2/c1-2-3-4-7(9(14)15)13-6-11-8(5-10)12-13/h6-7H,2-4H2,1H3,(H,14,15). The van der Waals surface area contributed by atoms with E-state index in [2.05, 4.69) is 10.1 Å². The highest BCUT2D eigenvalue weighted by Crippen LogP contribution is 2.13. The molecule has 1 rings (SSSR count). The van der Waals surface area contributed by atoms with Crippen LogP contribution in [0.3, 0.4) is 0 Å². The van der Waals surface area contributed by atoms with Crippen LogP contribution in [0.4, 0.5) is 0 Å². The van der Waals surface area contributed by atoms with Crippen molar-refractivity contribution in [1.82, 2.24) is 14.8 Å². The lowest BCUT2D eigenvalue weighted by Gasteiger charge is -2.10. The summed E-state index contributed by atoms with van der Waals surface area (Å²) in [4.78, 5) is 14.6. The number of carboxylic acids is 1. The fourth-order valence-corrected chi connectivity index (χ4v) is 1.24. The Bertz CT molecular complexity index is 380. The summed E-state index contributed by atoms with van der Waals surface area (Å²) in [6.45, 7) is 1.99. The van der Waals surface area contributed by atoms with Gasteiger partial charge >= 0.3 is 5.97 Å². The van der Waals surface area contributed by atoms with Gasteiger partial charge in [0.05, 0.1) is 0 Å². The molecule has 1 aromatic heterocycles. The van der Waals surface area contributed by atoms with Crippen LogP contribution >= 0.6 is 0 Å². The number of rotatable bonds is 5. The van der Waals surface area contributed by atoms with Gasteiger partial charge in [-0.25, -0.2) is 14.5 Å². The minimum atomic E-state index is -0.946. The summed E-state index contributed by atoms with van der Waals surface area (Å²) >= 11 is 0. The Morgan fingerprint density at radius 3 is 3.00 bits per heavy atom. The molecule has 0 saturated heterocycles. The normalized spacial score (nSPS) is 12.0. The van der Waals surface area contributed by atoms with E-state index in [4.69, 9.17) is 10.4 Å². The topological polar surface area (TPSA) is 91.8 Å². The zero-order valence-corrected chi connectivity index (χ0v) is 8.42. The summed E-state index contributed by atoms with van der Waals surface area (Å²) in [5.41, 5.74) is 0. The number of hydrogen-bond acceptors (Lipinski definition) is 4. The van der Waals surface area contributed by atoms with E-state index >= 15 is 0 Å². The van der Waals surface area contributed by atoms with Gasteiger partial charge in [-0.05, 0) is 6.42 Å². The van der Waals surface area contributed by atoms with Crippen molar-refractivity contribution in [3.8, 4) is 6.07 Å². The van der Waals surface area contributed by atoms with Crippen LogP contribution in [0, 0.1) is 11.3 Å². The summed E-state index contributed by atoms with van der Waals surface area (Å²) in [6.07, 6.45) is 3.51. The van der Waals surface area contributed by atoms with Gasteiger partial charge in [-0.15, -0.1) is 5.10 Å². The van der Waals surface area contributed by atoms with Crippen molar-refractivity contribution in [2.24, 2.45) is 0 Å². The van der Waals surface area contributed by atoms with E-state index in [1.165, 1.54) is 11.0 Å². The van der Waals surface area contributed by atoms with E-state index in [1.807, 2.05) is 6.92 Å². The van der Waals surface area contributed by atoms with E-state index in [-0.39, 0.29) is 5.82 Å². The molecule has 0 aliphatic heterocycles. The SMILES string of the molecule is CCCCC(C(=O)O)n1cnc(C#N)n1. The van der Waals surface area contributed by atoms with Crippen LogP contribution in [-0.4, -0.2) is 25.8 Å². The molecular formula is C9H12N4O2. The van der Waals surface area contributed by atoms with E-state index in [0.29, 0.717) is 6.42 Å². The third kappa shape index (κ3) is 2.77. The monoisotopic (exact) mass is 208 g/mol. The number of carbonyl (C=O) groups is 1. The van der Waals surface area contributed by atoms with Gasteiger partial charge in [-0.1, -0.05) is 19.8 Å². The molecule has 0 saturated carbocycles. The van der Waals surface area contributed by atoms with Crippen molar-refractivity contribution in [3.05, 3.63) is 12.2 Å². The smallest absolute Gasteiger partial charge is 0.328 e. The molecule has 6 heteroatoms. The number of aromatic nitrogens is 3. The first-order chi connectivity index (χ1) is 7.19. The maximum atomic E-state index is 10.9. The Morgan fingerprint density at radius 1 is 1.80 bits per heavy atom. The maximum Gasteiger partial charge on any atom is 0.328 e. The van der Waals surface area contributed by atoms with Crippen LogP contribution in [0.2, 0.25) is 0 Å². The highest BCUT2D eigenvalue weighted by molar-refractivity contribution is 5.71. The van der Waals surface area contributed by atoms with E-state index in [1.54, 1.807) is 6.07 Å². The molecule has 1 atom stereocenters. The number of unbranched alkanes of at least 4 members (excludes halogenated alkanes) is 1. The number of nitriles is 1. The van der Waals surface area contributed by atoms with Crippen LogP contribution in [0.5, 0.6) is 0 Å². The quantitative estimate of drug-likeness (QED) is 0.778. The molecule has 1 aromatic rings. The summed E-state index contributed by atoms with van der Waals surface area (Å²) in [6, 6.07) is 1.04. The third-order valence-electron chi connectivity index (χ3n) is 2.04. The molecule has 0 spiro atoms. The Kier molecular flexibility index (Phi) is 3.80. The van der Waals surface area contributed by atoms with Gasteiger partial charge < -0.3 is 5.11 Å². The average Bonchev–Trinajstić information content (AvgIpc) is 2.66. The first-order valence-corrected chi connectivity index (χ1v) is 4.73. The van der Waals surface area contributed by atoms with Gasteiger partial charge in [0.15, 0.2) is 6.04 Å². The number of hydrogen-bond donors (Lipinski definition) is 1. The molecule has 15 heavy (non-hydrogen) atoms. The highest BCUT2D eigenvalue weighted by atomic mass is 16.4. The van der Waals surface area contributed by atoms with Crippen molar-refractivity contribution >= 4 is 5.97 Å². The van der Waals surface area contributed by atoms with E-state index in [0.717, 1.165) is 12.8 Å². The molecule has 0 aromatic carbocycles. The largest absolute Gasteiger partial charge is 0.480 e. The second kappa shape index (κ2) is 5.10. The Hall–Kier alpha value is -1.90. The number of aliphatic carboxylic acids is 1. The molecule has 0 bridgehead atoms. The number of carboxylic acid groups (broad SMARTS) is 1. The van der Waals surface area contributed by atoms with Crippen LogP contribution in [-0.2, 0) is 4.79 Å². The van der Waals surface area contributed by atoms with Crippen LogP contribution < -0.4 is 0 Å². The summed E-state index contributed by atoms with van der Waals surface area (Å²) in [7, 11) is 0. The zero-order valence-electron chi connectivity index (χ0n) is 8.42. The molecule has 1 unspecified atom stereocenters. The molecular weight excluding hydrogens is 196 g/mol. The lowest BCUT2D eigenvalue weighted by Crippen LogP contribution is -2.19. The fraction of sp³-hybridized carbons (Fsp3) is 0.556. The van der Waals surface area contributed by atoms with Gasteiger partial charge in [-0.2, -0.15) is 5.26 Å². The Morgan fingerprint density at radius 2 is 2.53 bits per heavy atom. The molecule has 1 N–H and O–H groups in total. The molecule has 1 heterocycles. The molecule has 6 nitrogen and oxygen atoms in total. The minimum absolute atomic E-state index is 0.00208. The van der Waals surface area contributed by atoms with Gasteiger partial charge in [0.25, 0.3) is 5.82 Å². The molecule has 0 aliphatic carbocycles. The summed E-state index contributed by atoms with van der Waals surface area (Å²) in [5.74, 6) is -0.949.